The van der Waals surface area contributed by atoms with Crippen LogP contribution in [0.25, 0.3) is 0 Å². The lowest BCUT2D eigenvalue weighted by Crippen LogP contribution is -2.50. The lowest BCUT2D eigenvalue weighted by molar-refractivity contribution is 0.0702. The molecule has 1 heterocycles. The van der Waals surface area contributed by atoms with Crippen molar-refractivity contribution in [3.63, 3.8) is 0 Å². The minimum absolute atomic E-state index is 0.0262. The quantitative estimate of drug-likeness (QED) is 0.902. The Morgan fingerprint density at radius 2 is 1.92 bits per heavy atom. The van der Waals surface area contributed by atoms with Crippen molar-refractivity contribution in [2.75, 3.05) is 26.2 Å². The van der Waals surface area contributed by atoms with Gasteiger partial charge in [-0.1, -0.05) is 17.7 Å². The topological polar surface area (TPSA) is 52.7 Å². The molecule has 1 fully saturated rings. The van der Waals surface area contributed by atoms with E-state index in [4.69, 9.17) is 11.6 Å². The van der Waals surface area contributed by atoms with E-state index in [9.17, 15) is 14.0 Å². The molecule has 1 aromatic rings. The predicted octanol–water partition coefficient (Wildman–Crippen LogP) is 3.14. The Labute approximate surface area is 146 Å². The Bertz CT molecular complexity index is 579. The third-order valence-electron chi connectivity index (χ3n) is 4.34. The molecule has 132 valence electrons. The summed E-state index contributed by atoms with van der Waals surface area (Å²) in [5.41, 5.74) is -0.0789. The fraction of sp³-hybridized carbons (Fsp3) is 0.529. The highest BCUT2D eigenvalue weighted by molar-refractivity contribution is 6.33. The summed E-state index contributed by atoms with van der Waals surface area (Å²) in [5.74, 6) is -1.00. The number of carbonyl (C=O) groups is 2. The van der Waals surface area contributed by atoms with Crippen LogP contribution < -0.4 is 5.32 Å². The molecule has 1 N–H and O–H groups in total. The van der Waals surface area contributed by atoms with Gasteiger partial charge in [0.1, 0.15) is 5.82 Å². The number of urea groups is 1. The standard InChI is InChI=1S/C17H23ClFN3O2/c1-3-21(4-2)17(24)20-12-8-10-22(11-9-12)16(23)15-13(18)6-5-7-14(15)19/h5-7,12H,3-4,8-11H2,1-2H3,(H,20,24). The van der Waals surface area contributed by atoms with Crippen molar-refractivity contribution in [2.24, 2.45) is 0 Å². The number of hydrogen-bond donors (Lipinski definition) is 1. The molecule has 0 radical (unpaired) electrons. The van der Waals surface area contributed by atoms with Crippen LogP contribution in [0.2, 0.25) is 5.02 Å². The van der Waals surface area contributed by atoms with Crippen molar-refractivity contribution in [1.82, 2.24) is 15.1 Å². The Hall–Kier alpha value is -1.82. The van der Waals surface area contributed by atoms with Gasteiger partial charge in [0.15, 0.2) is 0 Å². The van der Waals surface area contributed by atoms with Gasteiger partial charge < -0.3 is 15.1 Å². The molecule has 3 amide bonds. The highest BCUT2D eigenvalue weighted by atomic mass is 35.5. The van der Waals surface area contributed by atoms with Gasteiger partial charge in [-0.3, -0.25) is 4.79 Å². The first-order valence-corrected chi connectivity index (χ1v) is 8.64. The molecule has 5 nitrogen and oxygen atoms in total. The zero-order valence-electron chi connectivity index (χ0n) is 14.0. The van der Waals surface area contributed by atoms with Crippen molar-refractivity contribution >= 4 is 23.5 Å². The summed E-state index contributed by atoms with van der Waals surface area (Å²) in [6.07, 6.45) is 1.29. The van der Waals surface area contributed by atoms with Crippen molar-refractivity contribution in [1.29, 1.82) is 0 Å². The van der Waals surface area contributed by atoms with Crippen LogP contribution in [0.1, 0.15) is 37.0 Å². The number of amides is 3. The van der Waals surface area contributed by atoms with Crippen molar-refractivity contribution in [3.8, 4) is 0 Å². The highest BCUT2D eigenvalue weighted by Crippen LogP contribution is 2.22. The Morgan fingerprint density at radius 1 is 1.29 bits per heavy atom. The molecule has 0 spiro atoms. The van der Waals surface area contributed by atoms with Crippen LogP contribution in [-0.4, -0.2) is 54.0 Å². The van der Waals surface area contributed by atoms with E-state index in [1.165, 1.54) is 18.2 Å². The SMILES string of the molecule is CCN(CC)C(=O)NC1CCN(C(=O)c2c(F)cccc2Cl)CC1. The first-order chi connectivity index (χ1) is 11.5. The second-order valence-electron chi connectivity index (χ2n) is 5.78. The van der Waals surface area contributed by atoms with E-state index in [-0.39, 0.29) is 22.7 Å². The number of carbonyl (C=O) groups excluding carboxylic acids is 2. The highest BCUT2D eigenvalue weighted by Gasteiger charge is 2.27. The second kappa shape index (κ2) is 8.33. The fourth-order valence-electron chi connectivity index (χ4n) is 2.86. The van der Waals surface area contributed by atoms with Gasteiger partial charge in [0.05, 0.1) is 10.6 Å². The third kappa shape index (κ3) is 4.17. The Kier molecular flexibility index (Phi) is 6.43. The fourth-order valence-corrected chi connectivity index (χ4v) is 3.11. The maximum absolute atomic E-state index is 13.9. The van der Waals surface area contributed by atoms with E-state index < -0.39 is 11.7 Å². The summed E-state index contributed by atoms with van der Waals surface area (Å²) >= 11 is 5.96. The van der Waals surface area contributed by atoms with E-state index in [0.29, 0.717) is 39.0 Å². The first-order valence-electron chi connectivity index (χ1n) is 8.26. The minimum atomic E-state index is -0.607. The first kappa shape index (κ1) is 18.5. The molecule has 24 heavy (non-hydrogen) atoms. The zero-order chi connectivity index (χ0) is 17.7. The van der Waals surface area contributed by atoms with E-state index in [1.807, 2.05) is 13.8 Å². The van der Waals surface area contributed by atoms with Gasteiger partial charge in [0, 0.05) is 32.2 Å². The number of hydrogen-bond acceptors (Lipinski definition) is 2. The molecular weight excluding hydrogens is 333 g/mol. The van der Waals surface area contributed by atoms with Gasteiger partial charge in [-0.15, -0.1) is 0 Å². The zero-order valence-corrected chi connectivity index (χ0v) is 14.8. The molecule has 0 bridgehead atoms. The minimum Gasteiger partial charge on any atom is -0.338 e. The van der Waals surface area contributed by atoms with Gasteiger partial charge in [-0.2, -0.15) is 0 Å². The van der Waals surface area contributed by atoms with Crippen LogP contribution in [0.3, 0.4) is 0 Å². The van der Waals surface area contributed by atoms with E-state index in [0.717, 1.165) is 0 Å². The number of halogens is 2. The Morgan fingerprint density at radius 3 is 2.46 bits per heavy atom. The molecule has 7 heteroatoms. The molecule has 0 saturated carbocycles. The third-order valence-corrected chi connectivity index (χ3v) is 4.65. The lowest BCUT2D eigenvalue weighted by atomic mass is 10.0. The summed E-state index contributed by atoms with van der Waals surface area (Å²) in [7, 11) is 0. The summed E-state index contributed by atoms with van der Waals surface area (Å²) in [6, 6.07) is 4.16. The summed E-state index contributed by atoms with van der Waals surface area (Å²) in [6.45, 7) is 6.11. The smallest absolute Gasteiger partial charge is 0.317 e. The maximum Gasteiger partial charge on any atom is 0.317 e. The van der Waals surface area contributed by atoms with Crippen LogP contribution in [0.15, 0.2) is 18.2 Å². The number of nitrogens with one attached hydrogen (secondary N) is 1. The van der Waals surface area contributed by atoms with Crippen LogP contribution in [0.4, 0.5) is 9.18 Å². The molecule has 0 unspecified atom stereocenters. The van der Waals surface area contributed by atoms with Crippen molar-refractivity contribution in [3.05, 3.63) is 34.6 Å². The average Bonchev–Trinajstić information content (AvgIpc) is 2.56. The van der Waals surface area contributed by atoms with Gasteiger partial charge in [0.25, 0.3) is 5.91 Å². The van der Waals surface area contributed by atoms with Gasteiger partial charge in [-0.05, 0) is 38.8 Å². The molecule has 1 aliphatic rings. The summed E-state index contributed by atoms with van der Waals surface area (Å²) in [5, 5.41) is 3.11. The number of likely N-dealkylation sites (tertiary alicyclic amines) is 1. The summed E-state index contributed by atoms with van der Waals surface area (Å²) in [4.78, 5) is 27.9. The maximum atomic E-state index is 13.9. The molecule has 0 aromatic heterocycles. The number of rotatable bonds is 4. The van der Waals surface area contributed by atoms with Crippen LogP contribution >= 0.6 is 11.6 Å². The predicted molar refractivity (Wildman–Crippen MR) is 91.8 cm³/mol. The van der Waals surface area contributed by atoms with Crippen LogP contribution in [-0.2, 0) is 0 Å². The van der Waals surface area contributed by atoms with Crippen molar-refractivity contribution in [2.45, 2.75) is 32.7 Å². The molecule has 0 aliphatic carbocycles. The van der Waals surface area contributed by atoms with Crippen LogP contribution in [0, 0.1) is 5.82 Å². The molecular formula is C17H23ClFN3O2. The molecule has 0 atom stereocenters. The van der Waals surface area contributed by atoms with Gasteiger partial charge >= 0.3 is 6.03 Å². The van der Waals surface area contributed by atoms with Gasteiger partial charge in [0.2, 0.25) is 0 Å². The monoisotopic (exact) mass is 355 g/mol. The van der Waals surface area contributed by atoms with Crippen molar-refractivity contribution < 1.29 is 14.0 Å². The van der Waals surface area contributed by atoms with E-state index in [2.05, 4.69) is 5.32 Å². The summed E-state index contributed by atoms with van der Waals surface area (Å²) < 4.78 is 13.9. The number of nitrogens with zero attached hydrogens (tertiary/aromatic N) is 2. The number of piperidine rings is 1. The molecule has 1 saturated heterocycles. The van der Waals surface area contributed by atoms with E-state index in [1.54, 1.807) is 9.80 Å². The average molecular weight is 356 g/mol. The molecule has 1 aliphatic heterocycles. The molecule has 2 rings (SSSR count). The van der Waals surface area contributed by atoms with Gasteiger partial charge in [-0.25, -0.2) is 9.18 Å². The lowest BCUT2D eigenvalue weighted by Gasteiger charge is -2.33. The number of benzene rings is 1. The molecule has 1 aromatic carbocycles. The van der Waals surface area contributed by atoms with Crippen LogP contribution in [0.5, 0.6) is 0 Å². The Balaban J connectivity index is 1.93. The van der Waals surface area contributed by atoms with E-state index >= 15 is 0 Å². The normalized spacial score (nSPS) is 15.2. The largest absolute Gasteiger partial charge is 0.338 e. The second-order valence-corrected chi connectivity index (χ2v) is 6.19.